The third kappa shape index (κ3) is 4.41. The Morgan fingerprint density at radius 3 is 2.64 bits per heavy atom. The molecule has 0 radical (unpaired) electrons. The predicted molar refractivity (Wildman–Crippen MR) is 103 cm³/mol. The smallest absolute Gasteiger partial charge is 0.293 e. The molecule has 150 valence electrons. The fraction of sp³-hybridized carbons (Fsp3) is 0.333. The highest BCUT2D eigenvalue weighted by Gasteiger charge is 2.28. The van der Waals surface area contributed by atoms with Crippen LogP contribution in [0.15, 0.2) is 47.4 Å². The number of ether oxygens (including phenoxy) is 2. The zero-order chi connectivity index (χ0) is 20.1. The summed E-state index contributed by atoms with van der Waals surface area (Å²) in [5.74, 6) is 0.681. The first-order valence-corrected chi connectivity index (χ1v) is 10.1. The van der Waals surface area contributed by atoms with Crippen LogP contribution in [0.4, 0.5) is 11.4 Å². The SMILES string of the molecule is COc1cccc(CNc2ccc(S(=O)(=O)N3CCOCC3)cc2[N+](=O)[O-])c1. The van der Waals surface area contributed by atoms with Gasteiger partial charge in [0.25, 0.3) is 5.69 Å². The van der Waals surface area contributed by atoms with Gasteiger partial charge in [-0.15, -0.1) is 0 Å². The van der Waals surface area contributed by atoms with E-state index in [1.165, 1.54) is 16.4 Å². The van der Waals surface area contributed by atoms with Crippen molar-refractivity contribution in [2.45, 2.75) is 11.4 Å². The minimum atomic E-state index is -3.81. The molecule has 0 aromatic heterocycles. The van der Waals surface area contributed by atoms with Gasteiger partial charge in [0.15, 0.2) is 0 Å². The number of anilines is 1. The second-order valence-electron chi connectivity index (χ2n) is 6.16. The number of nitro benzene ring substituents is 1. The van der Waals surface area contributed by atoms with Crippen LogP contribution in [-0.2, 0) is 21.3 Å². The number of nitrogens with zero attached hydrogens (tertiary/aromatic N) is 2. The quantitative estimate of drug-likeness (QED) is 0.553. The van der Waals surface area contributed by atoms with E-state index in [9.17, 15) is 18.5 Å². The van der Waals surface area contributed by atoms with Crippen molar-refractivity contribution in [1.82, 2.24) is 4.31 Å². The summed E-state index contributed by atoms with van der Waals surface area (Å²) in [7, 11) is -2.25. The molecule has 1 saturated heterocycles. The Morgan fingerprint density at radius 1 is 1.21 bits per heavy atom. The van der Waals surface area contributed by atoms with Gasteiger partial charge in [-0.2, -0.15) is 4.31 Å². The third-order valence-corrected chi connectivity index (χ3v) is 6.29. The van der Waals surface area contributed by atoms with Gasteiger partial charge in [0.05, 0.1) is 30.1 Å². The van der Waals surface area contributed by atoms with Crippen molar-refractivity contribution in [1.29, 1.82) is 0 Å². The average molecular weight is 407 g/mol. The van der Waals surface area contributed by atoms with Crippen LogP contribution in [0.2, 0.25) is 0 Å². The molecule has 2 aromatic rings. The third-order valence-electron chi connectivity index (χ3n) is 4.39. The summed E-state index contributed by atoms with van der Waals surface area (Å²) < 4.78 is 37.1. The Balaban J connectivity index is 1.83. The standard InChI is InChI=1S/C18H21N3O6S/c1-26-15-4-2-3-14(11-15)13-19-17-6-5-16(12-18(17)21(22)23)28(24,25)20-7-9-27-10-8-20/h2-6,11-12,19H,7-10,13H2,1H3. The van der Waals surface area contributed by atoms with Gasteiger partial charge in [0.1, 0.15) is 11.4 Å². The van der Waals surface area contributed by atoms with Crippen molar-refractivity contribution in [3.8, 4) is 5.75 Å². The molecule has 0 amide bonds. The average Bonchev–Trinajstić information content (AvgIpc) is 2.72. The van der Waals surface area contributed by atoms with Gasteiger partial charge >= 0.3 is 0 Å². The molecule has 2 aromatic carbocycles. The van der Waals surface area contributed by atoms with Crippen molar-refractivity contribution in [2.75, 3.05) is 38.7 Å². The number of morpholine rings is 1. The number of nitro groups is 1. The number of hydrogen-bond acceptors (Lipinski definition) is 7. The van der Waals surface area contributed by atoms with Gasteiger partial charge in [-0.1, -0.05) is 12.1 Å². The van der Waals surface area contributed by atoms with Crippen LogP contribution in [0.5, 0.6) is 5.75 Å². The first kappa shape index (κ1) is 20.1. The maximum atomic E-state index is 12.7. The van der Waals surface area contributed by atoms with Gasteiger partial charge in [-0.3, -0.25) is 10.1 Å². The molecule has 3 rings (SSSR count). The molecule has 28 heavy (non-hydrogen) atoms. The molecule has 0 spiro atoms. The lowest BCUT2D eigenvalue weighted by atomic mass is 10.2. The highest BCUT2D eigenvalue weighted by atomic mass is 32.2. The van der Waals surface area contributed by atoms with E-state index in [0.29, 0.717) is 25.5 Å². The molecule has 0 atom stereocenters. The molecule has 1 fully saturated rings. The van der Waals surface area contributed by atoms with Crippen molar-refractivity contribution < 1.29 is 22.8 Å². The van der Waals surface area contributed by atoms with Gasteiger partial charge < -0.3 is 14.8 Å². The van der Waals surface area contributed by atoms with E-state index in [0.717, 1.165) is 11.6 Å². The molecule has 0 bridgehead atoms. The van der Waals surface area contributed by atoms with Crippen LogP contribution in [0, 0.1) is 10.1 Å². The number of hydrogen-bond donors (Lipinski definition) is 1. The molecule has 1 aliphatic rings. The van der Waals surface area contributed by atoms with Crippen LogP contribution >= 0.6 is 0 Å². The summed E-state index contributed by atoms with van der Waals surface area (Å²) in [5.41, 5.74) is 0.824. The van der Waals surface area contributed by atoms with E-state index >= 15 is 0 Å². The molecule has 1 heterocycles. The summed E-state index contributed by atoms with van der Waals surface area (Å²) in [4.78, 5) is 10.8. The Bertz CT molecular complexity index is 958. The minimum absolute atomic E-state index is 0.104. The van der Waals surface area contributed by atoms with Gasteiger partial charge in [-0.05, 0) is 29.8 Å². The molecule has 0 aliphatic carbocycles. The molecular formula is C18H21N3O6S. The maximum Gasteiger partial charge on any atom is 0.293 e. The Morgan fingerprint density at radius 2 is 1.96 bits per heavy atom. The van der Waals surface area contributed by atoms with E-state index in [1.807, 2.05) is 18.2 Å². The van der Waals surface area contributed by atoms with Crippen LogP contribution in [0.1, 0.15) is 5.56 Å². The Hall–Kier alpha value is -2.69. The minimum Gasteiger partial charge on any atom is -0.497 e. The number of methoxy groups -OCH3 is 1. The van der Waals surface area contributed by atoms with Crippen LogP contribution in [-0.4, -0.2) is 51.1 Å². The normalized spacial score (nSPS) is 15.2. The second kappa shape index (κ2) is 8.55. The van der Waals surface area contributed by atoms with Crippen LogP contribution < -0.4 is 10.1 Å². The van der Waals surface area contributed by atoms with Crippen molar-refractivity contribution >= 4 is 21.4 Å². The molecule has 1 aliphatic heterocycles. The van der Waals surface area contributed by atoms with E-state index in [4.69, 9.17) is 9.47 Å². The fourth-order valence-corrected chi connectivity index (χ4v) is 4.32. The molecule has 0 saturated carbocycles. The Labute approximate surface area is 163 Å². The molecule has 1 N–H and O–H groups in total. The molecule has 9 nitrogen and oxygen atoms in total. The zero-order valence-electron chi connectivity index (χ0n) is 15.3. The first-order valence-electron chi connectivity index (χ1n) is 8.65. The van der Waals surface area contributed by atoms with Crippen LogP contribution in [0.25, 0.3) is 0 Å². The van der Waals surface area contributed by atoms with Crippen molar-refractivity contribution in [3.63, 3.8) is 0 Å². The number of rotatable bonds is 7. The highest BCUT2D eigenvalue weighted by Crippen LogP contribution is 2.30. The number of benzene rings is 2. The van der Waals surface area contributed by atoms with Crippen molar-refractivity contribution in [3.05, 3.63) is 58.1 Å². The topological polar surface area (TPSA) is 111 Å². The second-order valence-corrected chi connectivity index (χ2v) is 8.10. The van der Waals surface area contributed by atoms with Crippen molar-refractivity contribution in [2.24, 2.45) is 0 Å². The summed E-state index contributed by atoms with van der Waals surface area (Å²) in [5, 5.41) is 14.5. The van der Waals surface area contributed by atoms with Gasteiger partial charge in [0.2, 0.25) is 10.0 Å². The lowest BCUT2D eigenvalue weighted by molar-refractivity contribution is -0.384. The molecular weight excluding hydrogens is 386 g/mol. The molecule has 0 unspecified atom stereocenters. The monoisotopic (exact) mass is 407 g/mol. The van der Waals surface area contributed by atoms with Crippen LogP contribution in [0.3, 0.4) is 0 Å². The first-order chi connectivity index (χ1) is 13.4. The van der Waals surface area contributed by atoms with E-state index in [2.05, 4.69) is 5.32 Å². The highest BCUT2D eigenvalue weighted by molar-refractivity contribution is 7.89. The number of nitrogens with one attached hydrogen (secondary N) is 1. The number of sulfonamides is 1. The van der Waals surface area contributed by atoms with E-state index in [1.54, 1.807) is 13.2 Å². The van der Waals surface area contributed by atoms with E-state index in [-0.39, 0.29) is 29.4 Å². The van der Waals surface area contributed by atoms with Gasteiger partial charge in [-0.25, -0.2) is 8.42 Å². The lowest BCUT2D eigenvalue weighted by Gasteiger charge is -2.26. The van der Waals surface area contributed by atoms with Gasteiger partial charge in [0, 0.05) is 25.7 Å². The summed E-state index contributed by atoms with van der Waals surface area (Å²) in [6.45, 7) is 1.40. The predicted octanol–water partition coefficient (Wildman–Crippen LogP) is 2.24. The van der Waals surface area contributed by atoms with E-state index < -0.39 is 14.9 Å². The zero-order valence-corrected chi connectivity index (χ0v) is 16.1. The summed E-state index contributed by atoms with van der Waals surface area (Å²) in [6, 6.07) is 11.2. The summed E-state index contributed by atoms with van der Waals surface area (Å²) >= 11 is 0. The maximum absolute atomic E-state index is 12.7. The molecule has 10 heteroatoms. The summed E-state index contributed by atoms with van der Waals surface area (Å²) in [6.07, 6.45) is 0. The largest absolute Gasteiger partial charge is 0.497 e. The fourth-order valence-electron chi connectivity index (χ4n) is 2.89. The Kier molecular flexibility index (Phi) is 6.12. The lowest BCUT2D eigenvalue weighted by Crippen LogP contribution is -2.40.